The molecule has 6 aromatic rings. The Morgan fingerprint density at radius 2 is 0.964 bits per heavy atom. The number of piperazine rings is 2. The summed E-state index contributed by atoms with van der Waals surface area (Å²) in [5, 5.41) is 0. The minimum absolute atomic E-state index is 0.414. The van der Waals surface area contributed by atoms with E-state index in [-0.39, 0.29) is 0 Å². The molecule has 18 heteroatoms. The second-order valence-electron chi connectivity index (χ2n) is 13.8. The number of benzene rings is 2. The smallest absolute Gasteiger partial charge is 0.354 e. The van der Waals surface area contributed by atoms with Crippen LogP contribution in [0.4, 0.5) is 38.0 Å². The summed E-state index contributed by atoms with van der Waals surface area (Å²) in [5.41, 5.74) is 2.86. The van der Waals surface area contributed by atoms with E-state index >= 15 is 0 Å². The summed E-state index contributed by atoms with van der Waals surface area (Å²) in [5.74, 6) is 3.33. The zero-order valence-electron chi connectivity index (χ0n) is 31.0. The maximum absolute atomic E-state index is 12.9. The standard InChI is InChI=1S/2C19H21F3N6/c2*1-2-13-10-23-12-24-18(13)28-7-5-27(6-8-28)11-17-25-15-4-3-14(19(20,21)22)9-16(15)26-17/h2*3-4,9-10,12H,2,5-8,11H2,1H3,(H,25,26). The van der Waals surface area contributed by atoms with Crippen LogP contribution in [0.2, 0.25) is 0 Å². The largest absolute Gasteiger partial charge is 0.416 e. The van der Waals surface area contributed by atoms with Gasteiger partial charge in [0.2, 0.25) is 0 Å². The number of halogens is 6. The highest BCUT2D eigenvalue weighted by molar-refractivity contribution is 5.76. The quantitative estimate of drug-likeness (QED) is 0.165. The van der Waals surface area contributed by atoms with Gasteiger partial charge in [0, 0.05) is 75.9 Å². The first kappa shape index (κ1) is 38.9. The van der Waals surface area contributed by atoms with Crippen molar-refractivity contribution in [1.82, 2.24) is 49.7 Å². The predicted molar refractivity (Wildman–Crippen MR) is 200 cm³/mol. The molecule has 0 bridgehead atoms. The van der Waals surface area contributed by atoms with E-state index in [1.165, 1.54) is 12.1 Å². The fourth-order valence-corrected chi connectivity index (χ4v) is 7.06. The average Bonchev–Trinajstić information content (AvgIpc) is 3.80. The second-order valence-corrected chi connectivity index (χ2v) is 13.8. The molecule has 2 aromatic carbocycles. The first-order valence-electron chi connectivity index (χ1n) is 18.5. The zero-order chi connectivity index (χ0) is 39.5. The van der Waals surface area contributed by atoms with Gasteiger partial charge in [0.25, 0.3) is 0 Å². The lowest BCUT2D eigenvalue weighted by Gasteiger charge is -2.35. The summed E-state index contributed by atoms with van der Waals surface area (Å²) < 4.78 is 77.2. The van der Waals surface area contributed by atoms with Gasteiger partial charge >= 0.3 is 12.4 Å². The molecule has 0 saturated carbocycles. The van der Waals surface area contributed by atoms with E-state index in [0.29, 0.717) is 46.8 Å². The van der Waals surface area contributed by atoms with Gasteiger partial charge in [-0.25, -0.2) is 29.9 Å². The van der Waals surface area contributed by atoms with Gasteiger partial charge in [-0.2, -0.15) is 26.3 Å². The van der Waals surface area contributed by atoms with Crippen LogP contribution in [0.1, 0.15) is 47.8 Å². The first-order chi connectivity index (χ1) is 26.9. The van der Waals surface area contributed by atoms with Crippen molar-refractivity contribution in [3.05, 3.63) is 95.3 Å². The Morgan fingerprint density at radius 1 is 0.571 bits per heavy atom. The summed E-state index contributed by atoms with van der Waals surface area (Å²) in [7, 11) is 0. The number of aromatic amines is 2. The number of H-pyrrole nitrogens is 2. The number of hydrogen-bond acceptors (Lipinski definition) is 10. The van der Waals surface area contributed by atoms with Gasteiger partial charge in [-0.1, -0.05) is 13.8 Å². The second kappa shape index (κ2) is 16.4. The van der Waals surface area contributed by atoms with Crippen molar-refractivity contribution in [2.45, 2.75) is 52.1 Å². The molecule has 0 radical (unpaired) electrons. The van der Waals surface area contributed by atoms with Crippen LogP contribution in [-0.2, 0) is 38.3 Å². The van der Waals surface area contributed by atoms with Gasteiger partial charge in [0.1, 0.15) is 35.9 Å². The van der Waals surface area contributed by atoms with Crippen molar-refractivity contribution < 1.29 is 26.3 Å². The number of alkyl halides is 6. The van der Waals surface area contributed by atoms with Gasteiger partial charge in [-0.3, -0.25) is 9.80 Å². The van der Waals surface area contributed by atoms with Crippen LogP contribution in [0.5, 0.6) is 0 Å². The van der Waals surface area contributed by atoms with E-state index in [4.69, 9.17) is 0 Å². The van der Waals surface area contributed by atoms with Gasteiger partial charge in [-0.15, -0.1) is 0 Å². The number of hydrogen-bond donors (Lipinski definition) is 2. The Bertz CT molecular complexity index is 2080. The zero-order valence-corrected chi connectivity index (χ0v) is 31.0. The lowest BCUT2D eigenvalue weighted by atomic mass is 10.2. The molecule has 4 aromatic heterocycles. The maximum Gasteiger partial charge on any atom is 0.416 e. The first-order valence-corrected chi connectivity index (χ1v) is 18.5. The maximum atomic E-state index is 12.9. The highest BCUT2D eigenvalue weighted by Gasteiger charge is 2.32. The molecule has 8 rings (SSSR count). The molecule has 2 aliphatic rings. The van der Waals surface area contributed by atoms with Gasteiger partial charge in [0.05, 0.1) is 46.3 Å². The lowest BCUT2D eigenvalue weighted by molar-refractivity contribution is -0.138. The van der Waals surface area contributed by atoms with E-state index < -0.39 is 23.5 Å². The van der Waals surface area contributed by atoms with Crippen LogP contribution in [0.15, 0.2) is 61.4 Å². The van der Waals surface area contributed by atoms with Gasteiger partial charge in [0.15, 0.2) is 0 Å². The van der Waals surface area contributed by atoms with Crippen LogP contribution in [0, 0.1) is 0 Å². The van der Waals surface area contributed by atoms with Gasteiger partial charge in [-0.05, 0) is 49.2 Å². The molecule has 296 valence electrons. The molecule has 56 heavy (non-hydrogen) atoms. The third-order valence-corrected chi connectivity index (χ3v) is 10.1. The molecule has 0 spiro atoms. The molecular formula is C38H42F6N12. The average molecular weight is 781 g/mol. The van der Waals surface area contributed by atoms with Crippen LogP contribution in [0.25, 0.3) is 22.1 Å². The van der Waals surface area contributed by atoms with Crippen molar-refractivity contribution in [3.63, 3.8) is 0 Å². The van der Waals surface area contributed by atoms with Crippen molar-refractivity contribution in [2.75, 3.05) is 62.2 Å². The monoisotopic (exact) mass is 780 g/mol. The molecule has 2 saturated heterocycles. The number of anilines is 2. The topological polar surface area (TPSA) is 122 Å². The Balaban J connectivity index is 0.000000172. The fraction of sp³-hybridized carbons (Fsp3) is 0.421. The number of aryl methyl sites for hydroxylation is 2. The summed E-state index contributed by atoms with van der Waals surface area (Å²) in [4.78, 5) is 41.0. The number of fused-ring (bicyclic) bond motifs is 2. The van der Waals surface area contributed by atoms with E-state index in [0.717, 1.165) is 112 Å². The van der Waals surface area contributed by atoms with Gasteiger partial charge < -0.3 is 19.8 Å². The summed E-state index contributed by atoms with van der Waals surface area (Å²) in [6.45, 7) is 12.0. The molecule has 0 unspecified atom stereocenters. The molecular weight excluding hydrogens is 738 g/mol. The molecule has 2 N–H and O–H groups in total. The number of imidazole rings is 2. The Labute approximate surface area is 319 Å². The van der Waals surface area contributed by atoms with Crippen molar-refractivity contribution >= 4 is 33.7 Å². The normalized spacial score (nSPS) is 16.1. The van der Waals surface area contributed by atoms with E-state index in [9.17, 15) is 26.3 Å². The van der Waals surface area contributed by atoms with Crippen molar-refractivity contribution in [1.29, 1.82) is 0 Å². The van der Waals surface area contributed by atoms with Crippen LogP contribution in [0.3, 0.4) is 0 Å². The van der Waals surface area contributed by atoms with Crippen LogP contribution < -0.4 is 9.80 Å². The fourth-order valence-electron chi connectivity index (χ4n) is 7.06. The summed E-state index contributed by atoms with van der Waals surface area (Å²) >= 11 is 0. The minimum atomic E-state index is -4.35. The van der Waals surface area contributed by atoms with Crippen LogP contribution in [-0.4, -0.2) is 102 Å². The molecule has 2 aliphatic heterocycles. The highest BCUT2D eigenvalue weighted by atomic mass is 19.4. The number of nitrogens with zero attached hydrogens (tertiary/aromatic N) is 10. The Morgan fingerprint density at radius 3 is 1.32 bits per heavy atom. The molecule has 0 aliphatic carbocycles. The molecule has 6 heterocycles. The molecule has 0 amide bonds. The highest BCUT2D eigenvalue weighted by Crippen LogP contribution is 2.32. The minimum Gasteiger partial charge on any atom is -0.354 e. The molecule has 0 atom stereocenters. The third-order valence-electron chi connectivity index (χ3n) is 10.1. The SMILES string of the molecule is CCc1cncnc1N1CCN(Cc2nc3ccc(C(F)(F)F)cc3[nH]2)CC1.CCc1cncnc1N1CCN(Cc2nc3ccc(C(F)(F)F)cc3[nH]2)CC1. The summed E-state index contributed by atoms with van der Waals surface area (Å²) in [6, 6.07) is 7.20. The van der Waals surface area contributed by atoms with E-state index in [1.807, 2.05) is 12.4 Å². The van der Waals surface area contributed by atoms with Crippen molar-refractivity contribution in [2.24, 2.45) is 0 Å². The number of nitrogens with one attached hydrogen (secondary N) is 2. The molecule has 12 nitrogen and oxygen atoms in total. The Kier molecular flexibility index (Phi) is 11.4. The Hall–Kier alpha value is -5.36. The predicted octanol–water partition coefficient (Wildman–Crippen LogP) is 6.51. The molecule has 2 fully saturated rings. The third kappa shape index (κ3) is 9.02. The van der Waals surface area contributed by atoms with E-state index in [2.05, 4.69) is 73.3 Å². The number of rotatable bonds is 8. The van der Waals surface area contributed by atoms with Crippen LogP contribution >= 0.6 is 0 Å². The van der Waals surface area contributed by atoms with E-state index in [1.54, 1.807) is 12.7 Å². The lowest BCUT2D eigenvalue weighted by Crippen LogP contribution is -2.46. The summed E-state index contributed by atoms with van der Waals surface area (Å²) in [6.07, 6.45) is -0.0710. The number of aromatic nitrogens is 8. The van der Waals surface area contributed by atoms with Crippen molar-refractivity contribution in [3.8, 4) is 0 Å².